The number of anilines is 2. The van der Waals surface area contributed by atoms with E-state index in [0.717, 1.165) is 0 Å². The molecule has 3 aromatic heterocycles. The number of nitrogens with zero attached hydrogens (tertiary/aromatic N) is 4. The smallest absolute Gasteiger partial charge is 0.266 e. The summed E-state index contributed by atoms with van der Waals surface area (Å²) in [5.74, 6) is -0.00797. The molecule has 0 spiro atoms. The molecule has 13 heteroatoms. The van der Waals surface area contributed by atoms with E-state index in [2.05, 4.69) is 20.3 Å². The number of benzene rings is 3. The number of hydrogen-bond acceptors (Lipinski definition) is 10. The summed E-state index contributed by atoms with van der Waals surface area (Å²) in [7, 11) is 3.15. The topological polar surface area (TPSA) is 119 Å². The largest absolute Gasteiger partial charge is 0.487 e. The number of methoxy groups -OCH3 is 2. The Kier molecular flexibility index (Phi) is 9.69. The van der Waals surface area contributed by atoms with Gasteiger partial charge in [-0.3, -0.25) is 9.36 Å². The van der Waals surface area contributed by atoms with Gasteiger partial charge in [-0.25, -0.2) is 23.7 Å². The van der Waals surface area contributed by atoms with Crippen LogP contribution in [0.5, 0.6) is 23.1 Å². The maximum Gasteiger partial charge on any atom is 0.266 e. The van der Waals surface area contributed by atoms with Gasteiger partial charge in [-0.2, -0.15) is 0 Å². The maximum atomic E-state index is 15.5. The summed E-state index contributed by atoms with van der Waals surface area (Å²) in [6.07, 6.45) is 2.86. The fourth-order valence-corrected chi connectivity index (χ4v) is 5.11. The van der Waals surface area contributed by atoms with Crippen molar-refractivity contribution in [3.63, 3.8) is 0 Å². The Bertz CT molecular complexity index is 2140. The predicted molar refractivity (Wildman–Crippen MR) is 176 cm³/mol. The molecule has 6 aromatic rings. The minimum absolute atomic E-state index is 0.0945. The van der Waals surface area contributed by atoms with Crippen molar-refractivity contribution >= 4 is 33.2 Å². The van der Waals surface area contributed by atoms with E-state index in [1.807, 2.05) is 6.07 Å². The molecule has 3 aromatic carbocycles. The van der Waals surface area contributed by atoms with Gasteiger partial charge in [0.15, 0.2) is 23.1 Å². The van der Waals surface area contributed by atoms with Gasteiger partial charge < -0.3 is 29.0 Å². The lowest BCUT2D eigenvalue weighted by atomic mass is 10.1. The predicted octanol–water partition coefficient (Wildman–Crippen LogP) is 6.50. The van der Waals surface area contributed by atoms with E-state index < -0.39 is 11.6 Å². The first-order valence-corrected chi connectivity index (χ1v) is 14.9. The van der Waals surface area contributed by atoms with Crippen LogP contribution >= 0.6 is 0 Å². The molecule has 48 heavy (non-hydrogen) atoms. The average molecular weight is 656 g/mol. The van der Waals surface area contributed by atoms with Gasteiger partial charge in [-0.15, -0.1) is 0 Å². The first-order valence-electron chi connectivity index (χ1n) is 14.9. The van der Waals surface area contributed by atoms with Crippen molar-refractivity contribution in [1.82, 2.24) is 19.5 Å². The molecule has 0 radical (unpaired) electrons. The summed E-state index contributed by atoms with van der Waals surface area (Å²) >= 11 is 0. The molecule has 11 nitrogen and oxygen atoms in total. The molecule has 0 aliphatic heterocycles. The number of aromatic nitrogens is 4. The molecule has 6 rings (SSSR count). The number of halogens is 2. The van der Waals surface area contributed by atoms with Gasteiger partial charge in [-0.1, -0.05) is 0 Å². The zero-order chi connectivity index (χ0) is 33.6. The standard InChI is InChI=1S/C35H31F2N5O6/c1-21-16-22-10-11-38-33(32(22)35(43)42(21)25-7-4-23(36)5-8-25)41-24-6-9-29(27(37)17-24)48-34-26-18-30(46-14-12-44-2)31(47-15-13-45-3)19-28(26)39-20-40-34/h4-11,16-20H,12-15H2,1-3H3,(H,38,41). The van der Waals surface area contributed by atoms with Crippen LogP contribution in [0.1, 0.15) is 5.69 Å². The van der Waals surface area contributed by atoms with Crippen LogP contribution in [-0.2, 0) is 9.47 Å². The normalized spacial score (nSPS) is 11.2. The Morgan fingerprint density at radius 3 is 2.23 bits per heavy atom. The summed E-state index contributed by atoms with van der Waals surface area (Å²) in [5.41, 5.74) is 1.62. The van der Waals surface area contributed by atoms with Gasteiger partial charge in [0.25, 0.3) is 5.56 Å². The van der Waals surface area contributed by atoms with Crippen molar-refractivity contribution in [2.75, 3.05) is 46.0 Å². The van der Waals surface area contributed by atoms with Gasteiger partial charge in [0.05, 0.1) is 29.5 Å². The molecule has 0 aliphatic carbocycles. The molecular formula is C35H31F2N5O6. The zero-order valence-corrected chi connectivity index (χ0v) is 26.3. The van der Waals surface area contributed by atoms with Crippen LogP contribution in [0.4, 0.5) is 20.3 Å². The van der Waals surface area contributed by atoms with Crippen LogP contribution in [0, 0.1) is 18.6 Å². The van der Waals surface area contributed by atoms with Crippen molar-refractivity contribution < 1.29 is 32.5 Å². The Morgan fingerprint density at radius 2 is 1.52 bits per heavy atom. The monoisotopic (exact) mass is 655 g/mol. The van der Waals surface area contributed by atoms with Crippen LogP contribution in [0.15, 0.2) is 84.0 Å². The first kappa shape index (κ1) is 32.3. The lowest BCUT2D eigenvalue weighted by Gasteiger charge is -2.15. The Hall–Kier alpha value is -5.66. The van der Waals surface area contributed by atoms with Crippen LogP contribution < -0.4 is 25.1 Å². The van der Waals surface area contributed by atoms with E-state index in [1.54, 1.807) is 51.6 Å². The number of hydrogen-bond donors (Lipinski definition) is 1. The van der Waals surface area contributed by atoms with E-state index >= 15 is 4.39 Å². The molecule has 0 aliphatic rings. The highest BCUT2D eigenvalue weighted by molar-refractivity contribution is 5.93. The second kappa shape index (κ2) is 14.4. The van der Waals surface area contributed by atoms with E-state index in [9.17, 15) is 9.18 Å². The number of pyridine rings is 2. The average Bonchev–Trinajstić information content (AvgIpc) is 3.07. The number of fused-ring (bicyclic) bond motifs is 2. The summed E-state index contributed by atoms with van der Waals surface area (Å²) in [5, 5.41) is 4.46. The quantitative estimate of drug-likeness (QED) is 0.138. The SMILES string of the molecule is COCCOc1cc2ncnc(Oc3ccc(Nc4nccc5cc(C)n(-c6ccc(F)cc6)c(=O)c45)cc3F)c2cc1OCCOC. The molecule has 0 saturated heterocycles. The lowest BCUT2D eigenvalue weighted by molar-refractivity contribution is 0.132. The summed E-state index contributed by atoms with van der Waals surface area (Å²) in [6.45, 7) is 3.08. The second-order valence-electron chi connectivity index (χ2n) is 10.6. The van der Waals surface area contributed by atoms with Gasteiger partial charge in [-0.05, 0) is 66.9 Å². The number of ether oxygens (including phenoxy) is 5. The van der Waals surface area contributed by atoms with Crippen molar-refractivity contribution in [3.05, 3.63) is 107 Å². The summed E-state index contributed by atoms with van der Waals surface area (Å²) in [4.78, 5) is 26.6. The van der Waals surface area contributed by atoms with Gasteiger partial charge in [0, 0.05) is 49.6 Å². The van der Waals surface area contributed by atoms with E-state index in [-0.39, 0.29) is 35.0 Å². The van der Waals surface area contributed by atoms with Crippen molar-refractivity contribution in [2.45, 2.75) is 6.92 Å². The highest BCUT2D eigenvalue weighted by Gasteiger charge is 2.17. The molecule has 246 valence electrons. The molecule has 3 heterocycles. The van der Waals surface area contributed by atoms with E-state index in [1.165, 1.54) is 47.3 Å². The van der Waals surface area contributed by atoms with Crippen LogP contribution in [0.3, 0.4) is 0 Å². The molecule has 0 amide bonds. The molecule has 0 saturated carbocycles. The molecule has 0 atom stereocenters. The second-order valence-corrected chi connectivity index (χ2v) is 10.6. The first-order chi connectivity index (χ1) is 23.4. The fourth-order valence-electron chi connectivity index (χ4n) is 5.11. The van der Waals surface area contributed by atoms with E-state index in [0.29, 0.717) is 64.7 Å². The minimum atomic E-state index is -0.692. The minimum Gasteiger partial charge on any atom is -0.487 e. The molecule has 0 unspecified atom stereocenters. The summed E-state index contributed by atoms with van der Waals surface area (Å²) in [6, 6.07) is 16.8. The number of rotatable bonds is 13. The molecule has 0 fully saturated rings. The van der Waals surface area contributed by atoms with Crippen molar-refractivity contribution in [3.8, 4) is 28.8 Å². The highest BCUT2D eigenvalue weighted by atomic mass is 19.1. The molecule has 1 N–H and O–H groups in total. The summed E-state index contributed by atoms with van der Waals surface area (Å²) < 4.78 is 58.4. The third kappa shape index (κ3) is 6.87. The Balaban J connectivity index is 1.29. The third-order valence-electron chi connectivity index (χ3n) is 7.36. The number of nitrogens with one attached hydrogen (secondary N) is 1. The van der Waals surface area contributed by atoms with Crippen LogP contribution in [0.25, 0.3) is 27.4 Å². The van der Waals surface area contributed by atoms with Gasteiger partial charge in [0.1, 0.15) is 31.2 Å². The van der Waals surface area contributed by atoms with E-state index in [4.69, 9.17) is 23.7 Å². The molecule has 0 bridgehead atoms. The van der Waals surface area contributed by atoms with Gasteiger partial charge in [0.2, 0.25) is 5.88 Å². The lowest BCUT2D eigenvalue weighted by Crippen LogP contribution is -2.21. The van der Waals surface area contributed by atoms with Gasteiger partial charge >= 0.3 is 0 Å². The maximum absolute atomic E-state index is 15.5. The van der Waals surface area contributed by atoms with Crippen molar-refractivity contribution in [2.24, 2.45) is 0 Å². The molecular weight excluding hydrogens is 624 g/mol. The van der Waals surface area contributed by atoms with Crippen LogP contribution in [0.2, 0.25) is 0 Å². The highest BCUT2D eigenvalue weighted by Crippen LogP contribution is 2.37. The Morgan fingerprint density at radius 1 is 0.792 bits per heavy atom. The Labute approximate surface area is 273 Å². The van der Waals surface area contributed by atoms with Crippen molar-refractivity contribution in [1.29, 1.82) is 0 Å². The number of aryl methyl sites for hydroxylation is 1. The fraction of sp³-hybridized carbons (Fsp3) is 0.200. The third-order valence-corrected chi connectivity index (χ3v) is 7.36. The zero-order valence-electron chi connectivity index (χ0n) is 26.3. The van der Waals surface area contributed by atoms with Crippen LogP contribution in [-0.4, -0.2) is 60.2 Å².